The molecule has 2 aromatic heterocycles. The third kappa shape index (κ3) is 4.11. The van der Waals surface area contributed by atoms with Crippen LogP contribution < -0.4 is 16.8 Å². The number of H-pyrrole nitrogens is 1. The Balaban J connectivity index is 1.51. The second-order valence-corrected chi connectivity index (χ2v) is 7.53. The lowest BCUT2D eigenvalue weighted by atomic mass is 10.2. The van der Waals surface area contributed by atoms with Crippen LogP contribution in [0.5, 0.6) is 0 Å². The van der Waals surface area contributed by atoms with Gasteiger partial charge in [-0.1, -0.05) is 42.1 Å². The second-order valence-electron chi connectivity index (χ2n) is 6.47. The molecule has 0 aliphatic heterocycles. The molecule has 0 unspecified atom stereocenters. The fourth-order valence-electron chi connectivity index (χ4n) is 2.96. The second kappa shape index (κ2) is 8.26. The molecule has 0 saturated carbocycles. The highest BCUT2D eigenvalue weighted by Gasteiger charge is 2.16. The minimum Gasteiger partial charge on any atom is -0.382 e. The molecule has 30 heavy (non-hydrogen) atoms. The number of primary amides is 1. The van der Waals surface area contributed by atoms with E-state index in [1.165, 1.54) is 18.0 Å². The number of nitrogens with one attached hydrogen (secondary N) is 2. The van der Waals surface area contributed by atoms with Gasteiger partial charge in [0.2, 0.25) is 5.91 Å². The van der Waals surface area contributed by atoms with Gasteiger partial charge in [0.1, 0.15) is 5.03 Å². The molecule has 0 saturated heterocycles. The Morgan fingerprint density at radius 3 is 2.67 bits per heavy atom. The molecule has 0 aliphatic carbocycles. The highest BCUT2D eigenvalue weighted by atomic mass is 32.2. The van der Waals surface area contributed by atoms with Crippen molar-refractivity contribution in [1.29, 1.82) is 0 Å². The van der Waals surface area contributed by atoms with E-state index in [0.717, 1.165) is 16.6 Å². The first-order valence-corrected chi connectivity index (χ1v) is 9.87. The summed E-state index contributed by atoms with van der Waals surface area (Å²) in [6.45, 7) is 0.288. The Morgan fingerprint density at radius 2 is 1.87 bits per heavy atom. The number of para-hydroxylation sites is 1. The number of hydrogen-bond acceptors (Lipinski definition) is 6. The zero-order valence-corrected chi connectivity index (χ0v) is 16.6. The number of aromatic nitrogens is 3. The van der Waals surface area contributed by atoms with Gasteiger partial charge in [0.25, 0.3) is 5.91 Å². The van der Waals surface area contributed by atoms with Crippen molar-refractivity contribution >= 4 is 40.3 Å². The van der Waals surface area contributed by atoms with Crippen LogP contribution in [0.15, 0.2) is 70.7 Å². The fraction of sp³-hybridized carbons (Fsp3) is 0.0476. The molecule has 2 heterocycles. The van der Waals surface area contributed by atoms with Crippen LogP contribution in [-0.4, -0.2) is 26.8 Å². The van der Waals surface area contributed by atoms with Crippen molar-refractivity contribution < 1.29 is 9.59 Å². The van der Waals surface area contributed by atoms with Gasteiger partial charge in [0.05, 0.1) is 18.3 Å². The maximum absolute atomic E-state index is 12.6. The molecule has 4 rings (SSSR count). The third-order valence-electron chi connectivity index (χ3n) is 4.39. The maximum Gasteiger partial charge on any atom is 0.274 e. The van der Waals surface area contributed by atoms with Gasteiger partial charge < -0.3 is 21.8 Å². The molecule has 0 atom stereocenters. The average Bonchev–Trinajstić information content (AvgIpc) is 3.16. The lowest BCUT2D eigenvalue weighted by Crippen LogP contribution is -2.25. The average molecular weight is 418 g/mol. The van der Waals surface area contributed by atoms with Crippen molar-refractivity contribution in [2.75, 3.05) is 5.73 Å². The van der Waals surface area contributed by atoms with Gasteiger partial charge in [0, 0.05) is 16.1 Å². The molecule has 0 fully saturated rings. The summed E-state index contributed by atoms with van der Waals surface area (Å²) in [4.78, 5) is 36.5. The Labute approximate surface area is 176 Å². The molecule has 8 nitrogen and oxygen atoms in total. The van der Waals surface area contributed by atoms with Crippen LogP contribution in [0.3, 0.4) is 0 Å². The molecule has 4 aromatic rings. The van der Waals surface area contributed by atoms with Crippen molar-refractivity contribution in [3.63, 3.8) is 0 Å². The van der Waals surface area contributed by atoms with Crippen LogP contribution in [0.25, 0.3) is 10.9 Å². The SMILES string of the molecule is NC(=O)c1ccccc1Sc1cnc(N)c(C(=O)NCc2cc3ccccc3[nH]2)n1. The molecule has 0 aliphatic rings. The monoisotopic (exact) mass is 418 g/mol. The van der Waals surface area contributed by atoms with E-state index in [-0.39, 0.29) is 18.1 Å². The van der Waals surface area contributed by atoms with Crippen molar-refractivity contribution in [3.05, 3.63) is 77.7 Å². The van der Waals surface area contributed by atoms with Crippen LogP contribution in [0.4, 0.5) is 5.82 Å². The highest BCUT2D eigenvalue weighted by molar-refractivity contribution is 7.99. The Bertz CT molecular complexity index is 1220. The van der Waals surface area contributed by atoms with Gasteiger partial charge in [0.15, 0.2) is 11.5 Å². The van der Waals surface area contributed by atoms with Crippen LogP contribution >= 0.6 is 11.8 Å². The normalized spacial score (nSPS) is 10.8. The topological polar surface area (TPSA) is 140 Å². The van der Waals surface area contributed by atoms with E-state index in [1.54, 1.807) is 24.3 Å². The van der Waals surface area contributed by atoms with E-state index in [9.17, 15) is 9.59 Å². The lowest BCUT2D eigenvalue weighted by Gasteiger charge is -2.09. The van der Waals surface area contributed by atoms with E-state index in [2.05, 4.69) is 20.3 Å². The predicted molar refractivity (Wildman–Crippen MR) is 115 cm³/mol. The smallest absolute Gasteiger partial charge is 0.274 e. The zero-order chi connectivity index (χ0) is 21.1. The molecule has 6 N–H and O–H groups in total. The number of nitrogens with two attached hydrogens (primary N) is 2. The number of rotatable bonds is 6. The number of hydrogen-bond donors (Lipinski definition) is 4. The van der Waals surface area contributed by atoms with Crippen LogP contribution in [0, 0.1) is 0 Å². The van der Waals surface area contributed by atoms with Gasteiger partial charge >= 0.3 is 0 Å². The number of nitrogens with zero attached hydrogens (tertiary/aromatic N) is 2. The largest absolute Gasteiger partial charge is 0.382 e. The fourth-order valence-corrected chi connectivity index (χ4v) is 3.85. The van der Waals surface area contributed by atoms with E-state index < -0.39 is 11.8 Å². The molecule has 0 bridgehead atoms. The molecule has 2 amide bonds. The zero-order valence-electron chi connectivity index (χ0n) is 15.8. The number of nitrogen functional groups attached to an aromatic ring is 1. The Kier molecular flexibility index (Phi) is 5.36. The predicted octanol–water partition coefficient (Wildman–Crippen LogP) is 2.72. The van der Waals surface area contributed by atoms with Gasteiger partial charge in [-0.05, 0) is 29.7 Å². The summed E-state index contributed by atoms with van der Waals surface area (Å²) in [5.74, 6) is -0.959. The van der Waals surface area contributed by atoms with Crippen LogP contribution in [-0.2, 0) is 6.54 Å². The molecule has 9 heteroatoms. The van der Waals surface area contributed by atoms with Crippen molar-refractivity contribution in [1.82, 2.24) is 20.3 Å². The van der Waals surface area contributed by atoms with E-state index in [4.69, 9.17) is 11.5 Å². The Morgan fingerprint density at radius 1 is 1.10 bits per heavy atom. The van der Waals surface area contributed by atoms with Gasteiger partial charge in [-0.2, -0.15) is 0 Å². The number of aromatic amines is 1. The first-order valence-electron chi connectivity index (χ1n) is 9.05. The summed E-state index contributed by atoms with van der Waals surface area (Å²) in [5.41, 5.74) is 13.5. The van der Waals surface area contributed by atoms with E-state index >= 15 is 0 Å². The van der Waals surface area contributed by atoms with E-state index in [1.807, 2.05) is 30.3 Å². The molecule has 150 valence electrons. The summed E-state index contributed by atoms with van der Waals surface area (Å²) < 4.78 is 0. The van der Waals surface area contributed by atoms with Crippen LogP contribution in [0.1, 0.15) is 26.5 Å². The molecular formula is C21H18N6O2S. The molecular weight excluding hydrogens is 400 g/mol. The van der Waals surface area contributed by atoms with Crippen LogP contribution in [0.2, 0.25) is 0 Å². The summed E-state index contributed by atoms with van der Waals surface area (Å²) >= 11 is 1.18. The summed E-state index contributed by atoms with van der Waals surface area (Å²) in [7, 11) is 0. The van der Waals surface area contributed by atoms with Crippen molar-refractivity contribution in [3.8, 4) is 0 Å². The lowest BCUT2D eigenvalue weighted by molar-refractivity contribution is 0.0944. The number of amides is 2. The number of carbonyl (C=O) groups is 2. The highest BCUT2D eigenvalue weighted by Crippen LogP contribution is 2.29. The van der Waals surface area contributed by atoms with E-state index in [0.29, 0.717) is 15.5 Å². The maximum atomic E-state index is 12.6. The molecule has 2 aromatic carbocycles. The number of benzene rings is 2. The molecule has 0 spiro atoms. The minimum atomic E-state index is -0.544. The standard InChI is InChI=1S/C21H18N6O2S/c22-19-18(21(29)25-10-13-9-12-5-1-3-7-15(12)26-13)27-17(11-24-19)30-16-8-4-2-6-14(16)20(23)28/h1-9,11,26H,10H2,(H2,22,24)(H2,23,28)(H,25,29). The quantitative estimate of drug-likeness (QED) is 0.380. The number of anilines is 1. The summed E-state index contributed by atoms with van der Waals surface area (Å²) in [6, 6.07) is 16.7. The summed E-state index contributed by atoms with van der Waals surface area (Å²) in [6.07, 6.45) is 1.45. The Hall–Kier alpha value is -3.85. The van der Waals surface area contributed by atoms with Crippen molar-refractivity contribution in [2.45, 2.75) is 16.5 Å². The van der Waals surface area contributed by atoms with Gasteiger partial charge in [-0.3, -0.25) is 9.59 Å². The first-order chi connectivity index (χ1) is 14.5. The third-order valence-corrected chi connectivity index (χ3v) is 5.37. The van der Waals surface area contributed by atoms with Crippen molar-refractivity contribution in [2.24, 2.45) is 5.73 Å². The van der Waals surface area contributed by atoms with Gasteiger partial charge in [-0.25, -0.2) is 9.97 Å². The first kappa shape index (κ1) is 19.5. The minimum absolute atomic E-state index is 0.0210. The summed E-state index contributed by atoms with van der Waals surface area (Å²) in [5, 5.41) is 4.29. The number of carbonyl (C=O) groups excluding carboxylic acids is 2. The molecule has 0 radical (unpaired) electrons. The number of fused-ring (bicyclic) bond motifs is 1. The van der Waals surface area contributed by atoms with Gasteiger partial charge in [-0.15, -0.1) is 0 Å².